The lowest BCUT2D eigenvalue weighted by Crippen LogP contribution is -2.27. The Bertz CT molecular complexity index is 951. The second-order valence-electron chi connectivity index (χ2n) is 7.55. The monoisotopic (exact) mass is 409 g/mol. The average molecular weight is 410 g/mol. The molecule has 0 aliphatic carbocycles. The van der Waals surface area contributed by atoms with Crippen molar-refractivity contribution in [1.29, 1.82) is 0 Å². The number of amides is 1. The SMILES string of the molecule is Cc1nc(CSc2ccccc2C(=O)NC(C)c2ccc(CC(C)C)cc2)no1. The summed E-state index contributed by atoms with van der Waals surface area (Å²) in [6.07, 6.45) is 1.06. The van der Waals surface area contributed by atoms with Crippen LogP contribution >= 0.6 is 11.8 Å². The molecule has 29 heavy (non-hydrogen) atoms. The Labute approximate surface area is 176 Å². The molecule has 2 aromatic carbocycles. The number of aromatic nitrogens is 2. The Morgan fingerprint density at radius 2 is 1.83 bits per heavy atom. The van der Waals surface area contributed by atoms with E-state index in [1.807, 2.05) is 31.2 Å². The van der Waals surface area contributed by atoms with Gasteiger partial charge in [0.1, 0.15) is 0 Å². The summed E-state index contributed by atoms with van der Waals surface area (Å²) in [5, 5.41) is 7.02. The summed E-state index contributed by atoms with van der Waals surface area (Å²) >= 11 is 1.53. The van der Waals surface area contributed by atoms with E-state index in [0.29, 0.717) is 28.9 Å². The van der Waals surface area contributed by atoms with Gasteiger partial charge in [-0.3, -0.25) is 4.79 Å². The summed E-state index contributed by atoms with van der Waals surface area (Å²) in [6.45, 7) is 8.20. The third-order valence-electron chi connectivity index (χ3n) is 4.53. The summed E-state index contributed by atoms with van der Waals surface area (Å²) < 4.78 is 5.01. The molecule has 0 fully saturated rings. The lowest BCUT2D eigenvalue weighted by atomic mass is 10.00. The van der Waals surface area contributed by atoms with E-state index in [0.717, 1.165) is 16.9 Å². The first-order chi connectivity index (χ1) is 13.9. The fraction of sp³-hybridized carbons (Fsp3) is 0.348. The Hall–Kier alpha value is -2.60. The van der Waals surface area contributed by atoms with E-state index in [2.05, 4.69) is 53.6 Å². The average Bonchev–Trinajstić information content (AvgIpc) is 3.12. The van der Waals surface area contributed by atoms with Crippen molar-refractivity contribution in [2.75, 3.05) is 0 Å². The summed E-state index contributed by atoms with van der Waals surface area (Å²) in [5.41, 5.74) is 3.07. The minimum Gasteiger partial charge on any atom is -0.345 e. The van der Waals surface area contributed by atoms with E-state index >= 15 is 0 Å². The summed E-state index contributed by atoms with van der Waals surface area (Å²) in [4.78, 5) is 18.0. The molecule has 1 N–H and O–H groups in total. The molecule has 3 aromatic rings. The smallest absolute Gasteiger partial charge is 0.252 e. The molecule has 6 heteroatoms. The summed E-state index contributed by atoms with van der Waals surface area (Å²) in [7, 11) is 0. The molecule has 0 aliphatic heterocycles. The minimum absolute atomic E-state index is 0.0755. The van der Waals surface area contributed by atoms with Gasteiger partial charge in [0.15, 0.2) is 5.82 Å². The third kappa shape index (κ3) is 5.94. The van der Waals surface area contributed by atoms with E-state index in [-0.39, 0.29) is 11.9 Å². The molecule has 1 atom stereocenters. The topological polar surface area (TPSA) is 68.0 Å². The molecule has 0 bridgehead atoms. The fourth-order valence-electron chi connectivity index (χ4n) is 3.09. The standard InChI is InChI=1S/C23H27N3O2S/c1-15(2)13-18-9-11-19(12-10-18)16(3)24-23(27)20-7-5-6-8-21(20)29-14-22-25-17(4)28-26-22/h5-12,15-16H,13-14H2,1-4H3,(H,24,27). The van der Waals surface area contributed by atoms with Crippen molar-refractivity contribution in [3.8, 4) is 0 Å². The second-order valence-corrected chi connectivity index (χ2v) is 8.57. The van der Waals surface area contributed by atoms with Crippen LogP contribution in [0, 0.1) is 12.8 Å². The summed E-state index contributed by atoms with van der Waals surface area (Å²) in [5.74, 6) is 2.26. The van der Waals surface area contributed by atoms with Crippen molar-refractivity contribution < 1.29 is 9.32 Å². The number of thioether (sulfide) groups is 1. The van der Waals surface area contributed by atoms with E-state index in [1.165, 1.54) is 17.3 Å². The van der Waals surface area contributed by atoms with Gasteiger partial charge in [-0.25, -0.2) is 0 Å². The number of benzene rings is 2. The van der Waals surface area contributed by atoms with Crippen LogP contribution in [0.4, 0.5) is 0 Å². The van der Waals surface area contributed by atoms with Crippen LogP contribution < -0.4 is 5.32 Å². The zero-order valence-electron chi connectivity index (χ0n) is 17.3. The van der Waals surface area contributed by atoms with E-state index in [1.54, 1.807) is 6.92 Å². The van der Waals surface area contributed by atoms with Gasteiger partial charge in [-0.1, -0.05) is 55.4 Å². The van der Waals surface area contributed by atoms with Crippen molar-refractivity contribution in [2.24, 2.45) is 5.92 Å². The zero-order valence-corrected chi connectivity index (χ0v) is 18.1. The largest absolute Gasteiger partial charge is 0.345 e. The molecule has 1 aromatic heterocycles. The Kier molecular flexibility index (Phi) is 7.09. The Morgan fingerprint density at radius 3 is 2.48 bits per heavy atom. The van der Waals surface area contributed by atoms with Gasteiger partial charge in [-0.05, 0) is 42.5 Å². The zero-order chi connectivity index (χ0) is 20.8. The lowest BCUT2D eigenvalue weighted by Gasteiger charge is -2.16. The van der Waals surface area contributed by atoms with E-state index < -0.39 is 0 Å². The normalized spacial score (nSPS) is 12.2. The maximum Gasteiger partial charge on any atom is 0.252 e. The van der Waals surface area contributed by atoms with Crippen LogP contribution in [-0.2, 0) is 12.2 Å². The number of carbonyl (C=O) groups excluding carboxylic acids is 1. The second kappa shape index (κ2) is 9.74. The molecule has 0 saturated heterocycles. The van der Waals surface area contributed by atoms with E-state index in [9.17, 15) is 4.79 Å². The first-order valence-corrected chi connectivity index (χ1v) is 10.8. The first kappa shape index (κ1) is 21.1. The first-order valence-electron chi connectivity index (χ1n) is 9.83. The number of carbonyl (C=O) groups is 1. The van der Waals surface area contributed by atoms with Gasteiger partial charge in [0.05, 0.1) is 17.4 Å². The fourth-order valence-corrected chi connectivity index (χ4v) is 3.99. The molecule has 0 radical (unpaired) electrons. The number of rotatable bonds is 8. The highest BCUT2D eigenvalue weighted by molar-refractivity contribution is 7.98. The van der Waals surface area contributed by atoms with Crippen LogP contribution in [-0.4, -0.2) is 16.0 Å². The van der Waals surface area contributed by atoms with Gasteiger partial charge in [0.25, 0.3) is 5.91 Å². The van der Waals surface area contributed by atoms with Crippen LogP contribution in [0.25, 0.3) is 0 Å². The molecular weight excluding hydrogens is 382 g/mol. The Morgan fingerprint density at radius 1 is 1.10 bits per heavy atom. The van der Waals surface area contributed by atoms with Crippen molar-refractivity contribution in [3.63, 3.8) is 0 Å². The number of nitrogens with one attached hydrogen (secondary N) is 1. The molecule has 1 amide bonds. The van der Waals surface area contributed by atoms with Gasteiger partial charge in [-0.15, -0.1) is 11.8 Å². The third-order valence-corrected chi connectivity index (χ3v) is 5.60. The predicted octanol–water partition coefficient (Wildman–Crippen LogP) is 5.36. The van der Waals surface area contributed by atoms with Crippen molar-refractivity contribution >= 4 is 17.7 Å². The minimum atomic E-state index is -0.0869. The highest BCUT2D eigenvalue weighted by atomic mass is 32.2. The van der Waals surface area contributed by atoms with Crippen molar-refractivity contribution in [3.05, 3.63) is 76.9 Å². The van der Waals surface area contributed by atoms with Gasteiger partial charge >= 0.3 is 0 Å². The quantitative estimate of drug-likeness (QED) is 0.507. The molecule has 3 rings (SSSR count). The lowest BCUT2D eigenvalue weighted by molar-refractivity contribution is 0.0937. The molecule has 0 saturated carbocycles. The highest BCUT2D eigenvalue weighted by Gasteiger charge is 2.16. The molecule has 5 nitrogen and oxygen atoms in total. The molecule has 1 heterocycles. The van der Waals surface area contributed by atoms with Gasteiger partial charge in [0.2, 0.25) is 5.89 Å². The molecule has 152 valence electrons. The van der Waals surface area contributed by atoms with Crippen LogP contribution in [0.5, 0.6) is 0 Å². The van der Waals surface area contributed by atoms with Crippen LogP contribution in [0.3, 0.4) is 0 Å². The summed E-state index contributed by atoms with van der Waals surface area (Å²) in [6, 6.07) is 16.0. The predicted molar refractivity (Wildman–Crippen MR) is 116 cm³/mol. The van der Waals surface area contributed by atoms with Crippen LogP contribution in [0.2, 0.25) is 0 Å². The molecule has 1 unspecified atom stereocenters. The van der Waals surface area contributed by atoms with Gasteiger partial charge in [0, 0.05) is 11.8 Å². The van der Waals surface area contributed by atoms with Gasteiger partial charge in [-0.2, -0.15) is 4.98 Å². The maximum atomic E-state index is 12.9. The number of hydrogen-bond acceptors (Lipinski definition) is 5. The van der Waals surface area contributed by atoms with Crippen LogP contribution in [0.15, 0.2) is 57.9 Å². The van der Waals surface area contributed by atoms with E-state index in [4.69, 9.17) is 4.52 Å². The molecule has 0 spiro atoms. The van der Waals surface area contributed by atoms with Crippen molar-refractivity contribution in [1.82, 2.24) is 15.5 Å². The number of aryl methyl sites for hydroxylation is 1. The number of nitrogens with zero attached hydrogens (tertiary/aromatic N) is 2. The van der Waals surface area contributed by atoms with Crippen LogP contribution in [0.1, 0.15) is 60.0 Å². The van der Waals surface area contributed by atoms with Gasteiger partial charge < -0.3 is 9.84 Å². The molecular formula is C23H27N3O2S. The number of hydrogen-bond donors (Lipinski definition) is 1. The molecule has 0 aliphatic rings. The Balaban J connectivity index is 1.65. The van der Waals surface area contributed by atoms with Crippen molar-refractivity contribution in [2.45, 2.75) is 50.8 Å². The highest BCUT2D eigenvalue weighted by Crippen LogP contribution is 2.26. The maximum absolute atomic E-state index is 12.9.